The third kappa shape index (κ3) is 7.08. The van der Waals surface area contributed by atoms with E-state index in [0.29, 0.717) is 18.8 Å². The third-order valence-electron chi connectivity index (χ3n) is 5.41. The highest BCUT2D eigenvalue weighted by molar-refractivity contribution is 5.99. The minimum atomic E-state index is -3.30. The molecule has 2 aromatic rings. The van der Waals surface area contributed by atoms with Gasteiger partial charge in [-0.3, -0.25) is 9.59 Å². The molecule has 184 valence electrons. The molecule has 3 amide bonds. The molecule has 34 heavy (non-hydrogen) atoms. The summed E-state index contributed by atoms with van der Waals surface area (Å²) in [7, 11) is 0. The van der Waals surface area contributed by atoms with Crippen LogP contribution in [0.4, 0.5) is 13.6 Å². The highest BCUT2D eigenvalue weighted by Crippen LogP contribution is 2.26. The maximum atomic E-state index is 15.0. The quantitative estimate of drug-likeness (QED) is 0.507. The lowest BCUT2D eigenvalue weighted by molar-refractivity contribution is -0.126. The lowest BCUT2D eigenvalue weighted by atomic mass is 9.99. The van der Waals surface area contributed by atoms with Gasteiger partial charge < -0.3 is 24.7 Å². The first-order chi connectivity index (χ1) is 16.3. The summed E-state index contributed by atoms with van der Waals surface area (Å²) in [6, 6.07) is 4.89. The van der Waals surface area contributed by atoms with Gasteiger partial charge in [0.1, 0.15) is 12.3 Å². The number of benzene rings is 1. The van der Waals surface area contributed by atoms with E-state index in [4.69, 9.17) is 9.15 Å². The first-order valence-corrected chi connectivity index (χ1v) is 11.1. The Labute approximate surface area is 195 Å². The summed E-state index contributed by atoms with van der Waals surface area (Å²) in [4.78, 5) is 43.4. The predicted octanol–water partition coefficient (Wildman–Crippen LogP) is 2.43. The number of nitrogens with zero attached hydrogens (tertiary/aromatic N) is 2. The van der Waals surface area contributed by atoms with Crippen molar-refractivity contribution in [1.29, 1.82) is 0 Å². The Bertz CT molecular complexity index is 950. The van der Waals surface area contributed by atoms with Crippen molar-refractivity contribution in [3.05, 3.63) is 54.2 Å². The number of ketones is 1. The number of aromatic nitrogens is 1. The van der Waals surface area contributed by atoms with Crippen LogP contribution in [0.25, 0.3) is 0 Å². The number of Topliss-reactive ketones (excluding diaryl/α,β-unsaturated/α-hetero) is 1. The molecule has 1 fully saturated rings. The molecule has 0 spiro atoms. The van der Waals surface area contributed by atoms with Crippen LogP contribution < -0.4 is 10.6 Å². The number of halogens is 2. The highest BCUT2D eigenvalue weighted by atomic mass is 19.3. The maximum absolute atomic E-state index is 15.0. The number of carbonyl (C=O) groups excluding carboxylic acids is 3. The van der Waals surface area contributed by atoms with Gasteiger partial charge in [0, 0.05) is 25.9 Å². The van der Waals surface area contributed by atoms with Gasteiger partial charge in [0.25, 0.3) is 11.8 Å². The number of hydrogen-bond donors (Lipinski definition) is 2. The van der Waals surface area contributed by atoms with Gasteiger partial charge in [-0.2, -0.15) is 0 Å². The third-order valence-corrected chi connectivity index (χ3v) is 5.41. The van der Waals surface area contributed by atoms with Gasteiger partial charge in [-0.1, -0.05) is 37.3 Å². The lowest BCUT2D eigenvalue weighted by Crippen LogP contribution is -2.56. The Hall–Kier alpha value is -3.34. The van der Waals surface area contributed by atoms with E-state index in [2.05, 4.69) is 15.6 Å². The van der Waals surface area contributed by atoms with E-state index < -0.39 is 48.6 Å². The second kappa shape index (κ2) is 11.7. The molecule has 1 aromatic carbocycles. The Morgan fingerprint density at radius 2 is 1.82 bits per heavy atom. The number of alkyl halides is 2. The molecule has 2 atom stereocenters. The van der Waals surface area contributed by atoms with E-state index in [9.17, 15) is 23.2 Å². The number of urea groups is 1. The van der Waals surface area contributed by atoms with Gasteiger partial charge in [-0.05, 0) is 12.0 Å². The molecular formula is C23H28F2N4O5. The molecule has 0 bridgehead atoms. The standard InChI is InChI=1S/C23H28F2N4O5/c1-2-17(19(30)21-26-8-11-34-21)27-20(31)18(28-22(32)29-9-12-33-13-10-29)15-23(24,25)14-16-6-4-3-5-7-16/h3-8,11,17-18H,2,9-10,12-15H2,1H3,(H,27,31)(H,28,32)/t17-,18-/m0/s1. The minimum Gasteiger partial charge on any atom is -0.442 e. The fourth-order valence-electron chi connectivity index (χ4n) is 3.60. The molecular weight excluding hydrogens is 450 g/mol. The summed E-state index contributed by atoms with van der Waals surface area (Å²) in [5.74, 6) is -4.97. The maximum Gasteiger partial charge on any atom is 0.318 e. The van der Waals surface area contributed by atoms with E-state index in [1.807, 2.05) is 0 Å². The fourth-order valence-corrected chi connectivity index (χ4v) is 3.60. The SMILES string of the molecule is CC[C@H](NC(=O)[C@H](CC(F)(F)Cc1ccccc1)NC(=O)N1CCOCC1)C(=O)c1ncco1. The van der Waals surface area contributed by atoms with Crippen molar-refractivity contribution in [2.75, 3.05) is 26.3 Å². The van der Waals surface area contributed by atoms with Crippen molar-refractivity contribution in [2.24, 2.45) is 0 Å². The van der Waals surface area contributed by atoms with Gasteiger partial charge >= 0.3 is 6.03 Å². The number of nitrogens with one attached hydrogen (secondary N) is 2. The van der Waals surface area contributed by atoms with E-state index in [1.165, 1.54) is 17.4 Å². The Morgan fingerprint density at radius 3 is 2.44 bits per heavy atom. The van der Waals surface area contributed by atoms with Crippen LogP contribution in [-0.2, 0) is 16.0 Å². The van der Waals surface area contributed by atoms with Crippen LogP contribution in [0.3, 0.4) is 0 Å². The number of morpholine rings is 1. The summed E-state index contributed by atoms with van der Waals surface area (Å²) in [5, 5.41) is 4.89. The van der Waals surface area contributed by atoms with Crippen LogP contribution in [0.5, 0.6) is 0 Å². The second-order valence-corrected chi connectivity index (χ2v) is 7.99. The molecule has 1 saturated heterocycles. The lowest BCUT2D eigenvalue weighted by Gasteiger charge is -2.30. The smallest absolute Gasteiger partial charge is 0.318 e. The molecule has 1 aromatic heterocycles. The number of oxazole rings is 1. The minimum absolute atomic E-state index is 0.178. The van der Waals surface area contributed by atoms with Crippen LogP contribution >= 0.6 is 0 Å². The molecule has 11 heteroatoms. The summed E-state index contributed by atoms with van der Waals surface area (Å²) >= 11 is 0. The number of hydrogen-bond acceptors (Lipinski definition) is 6. The summed E-state index contributed by atoms with van der Waals surface area (Å²) in [6.07, 6.45) is 1.15. The Kier molecular flexibility index (Phi) is 8.69. The molecule has 3 rings (SSSR count). The zero-order valence-electron chi connectivity index (χ0n) is 18.8. The first-order valence-electron chi connectivity index (χ1n) is 11.1. The topological polar surface area (TPSA) is 114 Å². The summed E-state index contributed by atoms with van der Waals surface area (Å²) in [6.45, 7) is 2.84. The van der Waals surface area contributed by atoms with E-state index >= 15 is 0 Å². The van der Waals surface area contributed by atoms with Crippen molar-refractivity contribution in [3.63, 3.8) is 0 Å². The van der Waals surface area contributed by atoms with Crippen LogP contribution in [0, 0.1) is 0 Å². The number of ether oxygens (including phenoxy) is 1. The van der Waals surface area contributed by atoms with Gasteiger partial charge in [0.15, 0.2) is 0 Å². The zero-order chi connectivity index (χ0) is 24.6. The summed E-state index contributed by atoms with van der Waals surface area (Å²) < 4.78 is 40.1. The summed E-state index contributed by atoms with van der Waals surface area (Å²) in [5.41, 5.74) is 0.400. The van der Waals surface area contributed by atoms with Crippen molar-refractivity contribution in [2.45, 2.75) is 44.2 Å². The second-order valence-electron chi connectivity index (χ2n) is 7.99. The van der Waals surface area contributed by atoms with E-state index in [0.717, 1.165) is 0 Å². The average molecular weight is 478 g/mol. The van der Waals surface area contributed by atoms with Crippen LogP contribution in [-0.4, -0.2) is 71.9 Å². The van der Waals surface area contributed by atoms with Crippen LogP contribution in [0.2, 0.25) is 0 Å². The number of amides is 3. The fraction of sp³-hybridized carbons (Fsp3) is 0.478. The van der Waals surface area contributed by atoms with Gasteiger partial charge in [0.05, 0.1) is 25.5 Å². The largest absolute Gasteiger partial charge is 0.442 e. The van der Waals surface area contributed by atoms with Gasteiger partial charge in [-0.25, -0.2) is 18.6 Å². The Morgan fingerprint density at radius 1 is 1.12 bits per heavy atom. The molecule has 0 saturated carbocycles. The van der Waals surface area contributed by atoms with Crippen molar-refractivity contribution < 1.29 is 32.3 Å². The molecule has 2 N–H and O–H groups in total. The number of carbonyl (C=O) groups is 3. The molecule has 0 aliphatic carbocycles. The molecule has 1 aliphatic heterocycles. The van der Waals surface area contributed by atoms with E-state index in [-0.39, 0.29) is 25.4 Å². The van der Waals surface area contributed by atoms with Crippen molar-refractivity contribution in [3.8, 4) is 0 Å². The zero-order valence-corrected chi connectivity index (χ0v) is 18.8. The van der Waals surface area contributed by atoms with Gasteiger partial charge in [0.2, 0.25) is 11.7 Å². The molecule has 2 heterocycles. The highest BCUT2D eigenvalue weighted by Gasteiger charge is 2.38. The van der Waals surface area contributed by atoms with Crippen molar-refractivity contribution in [1.82, 2.24) is 20.5 Å². The van der Waals surface area contributed by atoms with Crippen molar-refractivity contribution >= 4 is 17.7 Å². The Balaban J connectivity index is 1.74. The molecule has 9 nitrogen and oxygen atoms in total. The predicted molar refractivity (Wildman–Crippen MR) is 117 cm³/mol. The average Bonchev–Trinajstić information content (AvgIpc) is 3.37. The molecule has 1 aliphatic rings. The number of rotatable bonds is 10. The monoisotopic (exact) mass is 478 g/mol. The van der Waals surface area contributed by atoms with Crippen LogP contribution in [0.15, 0.2) is 47.2 Å². The first kappa shape index (κ1) is 25.3. The normalized spacial score (nSPS) is 15.9. The molecule has 0 unspecified atom stereocenters. The molecule has 0 radical (unpaired) electrons. The van der Waals surface area contributed by atoms with E-state index in [1.54, 1.807) is 37.3 Å². The van der Waals surface area contributed by atoms with Gasteiger partial charge in [-0.15, -0.1) is 0 Å². The van der Waals surface area contributed by atoms with Crippen LogP contribution in [0.1, 0.15) is 36.0 Å².